The smallest absolute Gasteiger partial charge is 0.409 e. The molecule has 0 bridgehead atoms. The van der Waals surface area contributed by atoms with Gasteiger partial charge >= 0.3 is 6.09 Å². The summed E-state index contributed by atoms with van der Waals surface area (Å²) in [6, 6.07) is 34.9. The van der Waals surface area contributed by atoms with E-state index in [4.69, 9.17) is 21.1 Å². The van der Waals surface area contributed by atoms with Gasteiger partial charge < -0.3 is 19.5 Å². The normalized spacial score (nSPS) is 11.0. The highest BCUT2D eigenvalue weighted by Gasteiger charge is 2.15. The lowest BCUT2D eigenvalue weighted by atomic mass is 9.88. The zero-order chi connectivity index (χ0) is 29.5. The van der Waals surface area contributed by atoms with Crippen LogP contribution in [0.15, 0.2) is 109 Å². The van der Waals surface area contributed by atoms with Crippen molar-refractivity contribution in [3.63, 3.8) is 0 Å². The zero-order valence-corrected chi connectivity index (χ0v) is 24.7. The first kappa shape index (κ1) is 31.3. The van der Waals surface area contributed by atoms with Crippen LogP contribution < -0.4 is 4.74 Å². The molecule has 4 aromatic rings. The molecule has 0 radical (unpaired) electrons. The monoisotopic (exact) mass is 571 g/mol. The summed E-state index contributed by atoms with van der Waals surface area (Å²) in [5, 5.41) is 9.86. The molecule has 5 nitrogen and oxygen atoms in total. The Bertz CT molecular complexity index is 1360. The molecule has 214 valence electrons. The third kappa shape index (κ3) is 9.44. The highest BCUT2D eigenvalue weighted by atomic mass is 35.5. The zero-order valence-electron chi connectivity index (χ0n) is 23.9. The summed E-state index contributed by atoms with van der Waals surface area (Å²) >= 11 is 6.24. The van der Waals surface area contributed by atoms with Crippen LogP contribution in [0.2, 0.25) is 0 Å². The van der Waals surface area contributed by atoms with E-state index in [1.807, 2.05) is 98.8 Å². The second kappa shape index (κ2) is 16.8. The number of alkyl halides is 1. The minimum Gasteiger partial charge on any atom is -0.508 e. The number of allylic oxidation sites excluding steroid dienone is 1. The fourth-order valence-electron chi connectivity index (χ4n) is 4.23. The average Bonchev–Trinajstić information content (AvgIpc) is 3.03. The molecule has 0 aliphatic rings. The van der Waals surface area contributed by atoms with E-state index in [9.17, 15) is 9.90 Å². The molecule has 4 aromatic carbocycles. The Balaban J connectivity index is 0.00000226. The van der Waals surface area contributed by atoms with E-state index in [0.717, 1.165) is 33.4 Å². The van der Waals surface area contributed by atoms with Crippen molar-refractivity contribution in [2.75, 3.05) is 26.1 Å². The van der Waals surface area contributed by atoms with Crippen LogP contribution in [0.3, 0.4) is 0 Å². The minimum absolute atomic E-state index is 0.217. The van der Waals surface area contributed by atoms with E-state index >= 15 is 0 Å². The van der Waals surface area contributed by atoms with Crippen molar-refractivity contribution < 1.29 is 19.4 Å². The van der Waals surface area contributed by atoms with E-state index in [1.165, 1.54) is 4.90 Å². The number of likely N-dealkylation sites (N-methyl/N-ethyl adjacent to an activating group) is 1. The quantitative estimate of drug-likeness (QED) is 0.144. The van der Waals surface area contributed by atoms with Gasteiger partial charge in [0.1, 0.15) is 24.7 Å². The van der Waals surface area contributed by atoms with Gasteiger partial charge in [-0.2, -0.15) is 0 Å². The number of hydrogen-bond acceptors (Lipinski definition) is 4. The van der Waals surface area contributed by atoms with Gasteiger partial charge in [0.25, 0.3) is 0 Å². The molecular formula is C35H38ClNO4. The van der Waals surface area contributed by atoms with Crippen molar-refractivity contribution in [2.45, 2.75) is 26.9 Å². The largest absolute Gasteiger partial charge is 0.508 e. The van der Waals surface area contributed by atoms with Crippen LogP contribution in [-0.4, -0.2) is 42.2 Å². The number of rotatable bonds is 11. The van der Waals surface area contributed by atoms with Gasteiger partial charge in [-0.05, 0) is 64.1 Å². The molecule has 0 atom stereocenters. The van der Waals surface area contributed by atoms with Crippen LogP contribution in [0.1, 0.15) is 42.5 Å². The minimum atomic E-state index is -0.394. The lowest BCUT2D eigenvalue weighted by Crippen LogP contribution is -2.31. The van der Waals surface area contributed by atoms with E-state index in [0.29, 0.717) is 31.2 Å². The van der Waals surface area contributed by atoms with Crippen LogP contribution in [0.25, 0.3) is 11.1 Å². The number of phenols is 1. The average molecular weight is 572 g/mol. The van der Waals surface area contributed by atoms with Crippen LogP contribution in [-0.2, 0) is 11.3 Å². The third-order valence-electron chi connectivity index (χ3n) is 6.28. The third-order valence-corrected chi connectivity index (χ3v) is 6.47. The van der Waals surface area contributed by atoms with E-state index in [1.54, 1.807) is 19.2 Å². The summed E-state index contributed by atoms with van der Waals surface area (Å²) in [6.45, 7) is 4.96. The van der Waals surface area contributed by atoms with Crippen molar-refractivity contribution in [1.29, 1.82) is 0 Å². The van der Waals surface area contributed by atoms with Gasteiger partial charge in [0.2, 0.25) is 0 Å². The molecule has 0 fully saturated rings. The van der Waals surface area contributed by atoms with Crippen molar-refractivity contribution in [3.8, 4) is 11.5 Å². The summed E-state index contributed by atoms with van der Waals surface area (Å²) < 4.78 is 11.3. The van der Waals surface area contributed by atoms with E-state index in [-0.39, 0.29) is 12.4 Å². The lowest BCUT2D eigenvalue weighted by Gasteiger charge is -2.18. The number of ether oxygens (including phenoxy) is 2. The Morgan fingerprint density at radius 3 is 1.93 bits per heavy atom. The van der Waals surface area contributed by atoms with Gasteiger partial charge in [0.05, 0.1) is 6.54 Å². The van der Waals surface area contributed by atoms with Gasteiger partial charge in [-0.15, -0.1) is 11.6 Å². The van der Waals surface area contributed by atoms with Crippen molar-refractivity contribution in [2.24, 2.45) is 0 Å². The van der Waals surface area contributed by atoms with Gasteiger partial charge in [0.15, 0.2) is 0 Å². The Morgan fingerprint density at radius 2 is 1.34 bits per heavy atom. The number of benzene rings is 4. The summed E-state index contributed by atoms with van der Waals surface area (Å²) in [4.78, 5) is 13.8. The number of phenolic OH excluding ortho intramolecular Hbond substituents is 1. The van der Waals surface area contributed by atoms with Crippen molar-refractivity contribution in [3.05, 3.63) is 131 Å². The fourth-order valence-corrected chi connectivity index (χ4v) is 4.42. The Kier molecular flexibility index (Phi) is 12.8. The summed E-state index contributed by atoms with van der Waals surface area (Å²) in [7, 11) is 1.69. The lowest BCUT2D eigenvalue weighted by molar-refractivity contribution is 0.0994. The number of hydrogen-bond donors (Lipinski definition) is 1. The van der Waals surface area contributed by atoms with E-state index < -0.39 is 6.09 Å². The Hall–Kier alpha value is -4.22. The second-order valence-corrected chi connectivity index (χ2v) is 9.42. The number of aromatic hydroxyl groups is 1. The van der Waals surface area contributed by atoms with Crippen LogP contribution in [0, 0.1) is 0 Å². The van der Waals surface area contributed by atoms with Crippen LogP contribution in [0.5, 0.6) is 11.5 Å². The molecular weight excluding hydrogens is 534 g/mol. The molecule has 0 saturated heterocycles. The molecule has 6 heteroatoms. The molecule has 1 amide bonds. The topological polar surface area (TPSA) is 59.0 Å². The highest BCUT2D eigenvalue weighted by Crippen LogP contribution is 2.36. The standard InChI is InChI=1S/C33H32ClNO4.C2H6/c1-35(33(37)39-24-25-8-4-2-5-9-25)22-23-38-30-18-14-28(15-19-30)32(27-12-16-29(36)17-13-27)31(20-21-34)26-10-6-3-7-11-26;1-2/h2-19,36H,20-24H2,1H3;1-2H3/b32-31-;. The first-order valence-corrected chi connectivity index (χ1v) is 14.4. The fraction of sp³-hybridized carbons (Fsp3) is 0.229. The molecule has 0 aliphatic heterocycles. The predicted molar refractivity (Wildman–Crippen MR) is 168 cm³/mol. The summed E-state index contributed by atoms with van der Waals surface area (Å²) in [5.74, 6) is 1.40. The first-order valence-electron chi connectivity index (χ1n) is 13.8. The maximum absolute atomic E-state index is 12.3. The molecule has 0 saturated carbocycles. The summed E-state index contributed by atoms with van der Waals surface area (Å²) in [6.07, 6.45) is 0.293. The van der Waals surface area contributed by atoms with Crippen LogP contribution in [0.4, 0.5) is 4.79 Å². The molecule has 0 aliphatic carbocycles. The maximum Gasteiger partial charge on any atom is 0.409 e. The van der Waals surface area contributed by atoms with Gasteiger partial charge in [0, 0.05) is 12.9 Å². The number of carbonyl (C=O) groups is 1. The second-order valence-electron chi connectivity index (χ2n) is 9.04. The van der Waals surface area contributed by atoms with Gasteiger partial charge in [-0.1, -0.05) is 98.8 Å². The number of halogens is 1. The molecule has 41 heavy (non-hydrogen) atoms. The molecule has 0 aromatic heterocycles. The molecule has 0 heterocycles. The van der Waals surface area contributed by atoms with Gasteiger partial charge in [-0.3, -0.25) is 0 Å². The first-order chi connectivity index (χ1) is 20.0. The van der Waals surface area contributed by atoms with E-state index in [2.05, 4.69) is 12.1 Å². The number of carbonyl (C=O) groups excluding carboxylic acids is 1. The maximum atomic E-state index is 12.3. The summed E-state index contributed by atoms with van der Waals surface area (Å²) in [5.41, 5.74) is 6.22. The highest BCUT2D eigenvalue weighted by molar-refractivity contribution is 6.18. The van der Waals surface area contributed by atoms with Gasteiger partial charge in [-0.25, -0.2) is 4.79 Å². The van der Waals surface area contributed by atoms with Crippen molar-refractivity contribution in [1.82, 2.24) is 4.90 Å². The SMILES string of the molecule is CC.CN(CCOc1ccc(/C(=C(/CCCl)c2ccccc2)c2ccc(O)cc2)cc1)C(=O)OCc1ccccc1. The molecule has 4 rings (SSSR count). The number of amides is 1. The van der Waals surface area contributed by atoms with Crippen LogP contribution >= 0.6 is 11.6 Å². The molecule has 0 spiro atoms. The Labute approximate surface area is 248 Å². The van der Waals surface area contributed by atoms with Crippen molar-refractivity contribution >= 4 is 28.8 Å². The molecule has 1 N–H and O–H groups in total. The Morgan fingerprint density at radius 1 is 0.780 bits per heavy atom. The predicted octanol–water partition coefficient (Wildman–Crippen LogP) is 8.65. The molecule has 0 unspecified atom stereocenters. The number of nitrogens with zero attached hydrogens (tertiary/aromatic N) is 1.